The normalized spacial score (nSPS) is 11.3. The number of hydrogen-bond acceptors (Lipinski definition) is 5. The van der Waals surface area contributed by atoms with Gasteiger partial charge < -0.3 is 5.32 Å². The third kappa shape index (κ3) is 3.77. The number of thiazole rings is 1. The van der Waals surface area contributed by atoms with Gasteiger partial charge in [0, 0.05) is 17.1 Å². The van der Waals surface area contributed by atoms with E-state index >= 15 is 0 Å². The number of carbonyl (C=O) groups is 1. The molecule has 0 aliphatic rings. The van der Waals surface area contributed by atoms with Crippen LogP contribution < -0.4 is 5.32 Å². The Morgan fingerprint density at radius 3 is 2.80 bits per heavy atom. The highest BCUT2D eigenvalue weighted by molar-refractivity contribution is 8.15. The number of amides is 1. The van der Waals surface area contributed by atoms with E-state index in [1.54, 1.807) is 0 Å². The van der Waals surface area contributed by atoms with Gasteiger partial charge in [-0.05, 0) is 6.42 Å². The van der Waals surface area contributed by atoms with E-state index in [0.29, 0.717) is 6.42 Å². The largest absolute Gasteiger partial charge is 0.302 e. The molecule has 1 N–H and O–H groups in total. The van der Waals surface area contributed by atoms with Gasteiger partial charge in [-0.1, -0.05) is 18.3 Å². The summed E-state index contributed by atoms with van der Waals surface area (Å²) in [6, 6.07) is 0. The zero-order chi connectivity index (χ0) is 11.5. The SMILES string of the molecule is CCCC(=O)Nc1ncc(S(=O)(=O)Cl)s1. The molecule has 0 saturated heterocycles. The number of halogens is 1. The van der Waals surface area contributed by atoms with Gasteiger partial charge in [-0.25, -0.2) is 13.4 Å². The summed E-state index contributed by atoms with van der Waals surface area (Å²) in [4.78, 5) is 14.9. The summed E-state index contributed by atoms with van der Waals surface area (Å²) < 4.78 is 21.7. The standard InChI is InChI=1S/C7H9ClN2O3S2/c1-2-3-5(11)10-7-9-4-6(14-7)15(8,12)13/h4H,2-3H2,1H3,(H,9,10,11). The van der Waals surface area contributed by atoms with Gasteiger partial charge in [0.15, 0.2) is 9.34 Å². The second-order valence-electron chi connectivity index (χ2n) is 2.72. The van der Waals surface area contributed by atoms with Crippen molar-refractivity contribution in [2.24, 2.45) is 0 Å². The summed E-state index contributed by atoms with van der Waals surface area (Å²) in [6.45, 7) is 1.87. The molecule has 5 nitrogen and oxygen atoms in total. The van der Waals surface area contributed by atoms with Crippen molar-refractivity contribution in [3.63, 3.8) is 0 Å². The molecule has 1 heterocycles. The molecule has 8 heteroatoms. The molecular weight excluding hydrogens is 260 g/mol. The molecule has 0 bridgehead atoms. The molecule has 0 aliphatic heterocycles. The fraction of sp³-hybridized carbons (Fsp3) is 0.429. The van der Waals surface area contributed by atoms with Crippen LogP contribution in [0.1, 0.15) is 19.8 Å². The van der Waals surface area contributed by atoms with E-state index < -0.39 is 9.05 Å². The van der Waals surface area contributed by atoms with Crippen LogP contribution in [0.5, 0.6) is 0 Å². The van der Waals surface area contributed by atoms with Crippen molar-refractivity contribution in [2.75, 3.05) is 5.32 Å². The minimum atomic E-state index is -3.75. The van der Waals surface area contributed by atoms with Crippen molar-refractivity contribution in [2.45, 2.75) is 24.0 Å². The fourth-order valence-electron chi connectivity index (χ4n) is 0.839. The molecule has 0 spiro atoms. The molecule has 0 atom stereocenters. The number of rotatable bonds is 4. The first kappa shape index (κ1) is 12.4. The quantitative estimate of drug-likeness (QED) is 0.845. The van der Waals surface area contributed by atoms with Gasteiger partial charge in [-0.2, -0.15) is 0 Å². The van der Waals surface area contributed by atoms with Crippen LogP contribution in [0.4, 0.5) is 5.13 Å². The van der Waals surface area contributed by atoms with Gasteiger partial charge in [0.2, 0.25) is 5.91 Å². The Morgan fingerprint density at radius 2 is 2.33 bits per heavy atom. The second kappa shape index (κ2) is 4.91. The lowest BCUT2D eigenvalue weighted by Gasteiger charge is -1.97. The Balaban J connectivity index is 2.73. The summed E-state index contributed by atoms with van der Waals surface area (Å²) >= 11 is 0.831. The van der Waals surface area contributed by atoms with E-state index in [1.807, 2.05) is 6.92 Å². The van der Waals surface area contributed by atoms with Crippen molar-refractivity contribution in [3.8, 4) is 0 Å². The summed E-state index contributed by atoms with van der Waals surface area (Å²) in [5.74, 6) is -0.189. The Bertz CT molecular complexity index is 455. The summed E-state index contributed by atoms with van der Waals surface area (Å²) in [5, 5.41) is 2.72. The number of aromatic nitrogens is 1. The maximum Gasteiger partial charge on any atom is 0.272 e. The molecule has 0 fully saturated rings. The maximum atomic E-state index is 11.1. The Labute approximate surface area is 95.9 Å². The molecule has 0 aliphatic carbocycles. The summed E-state index contributed by atoms with van der Waals surface area (Å²) in [5.41, 5.74) is 0. The summed E-state index contributed by atoms with van der Waals surface area (Å²) in [6.07, 6.45) is 2.22. The number of anilines is 1. The van der Waals surface area contributed by atoms with Crippen LogP contribution in [0.3, 0.4) is 0 Å². The van der Waals surface area contributed by atoms with Gasteiger partial charge in [0.25, 0.3) is 9.05 Å². The van der Waals surface area contributed by atoms with Crippen LogP contribution in [0, 0.1) is 0 Å². The van der Waals surface area contributed by atoms with E-state index in [4.69, 9.17) is 10.7 Å². The molecular formula is C7H9ClN2O3S2. The zero-order valence-electron chi connectivity index (χ0n) is 7.86. The minimum absolute atomic E-state index is 0.0732. The number of hydrogen-bond donors (Lipinski definition) is 1. The van der Waals surface area contributed by atoms with Crippen molar-refractivity contribution >= 4 is 42.1 Å². The van der Waals surface area contributed by atoms with Gasteiger partial charge in [0.1, 0.15) is 0 Å². The average Bonchev–Trinajstić information content (AvgIpc) is 2.52. The highest BCUT2D eigenvalue weighted by Crippen LogP contribution is 2.25. The second-order valence-corrected chi connectivity index (χ2v) is 6.54. The molecule has 0 unspecified atom stereocenters. The Kier molecular flexibility index (Phi) is 4.06. The summed E-state index contributed by atoms with van der Waals surface area (Å²) in [7, 11) is 1.35. The van der Waals surface area contributed by atoms with Crippen LogP contribution in [0.15, 0.2) is 10.4 Å². The van der Waals surface area contributed by atoms with Crippen LogP contribution in [0.2, 0.25) is 0 Å². The van der Waals surface area contributed by atoms with Gasteiger partial charge in [-0.15, -0.1) is 0 Å². The van der Waals surface area contributed by atoms with E-state index in [0.717, 1.165) is 24.0 Å². The molecule has 1 rings (SSSR count). The minimum Gasteiger partial charge on any atom is -0.302 e. The first-order valence-corrected chi connectivity index (χ1v) is 7.26. The van der Waals surface area contributed by atoms with Crippen molar-refractivity contribution in [1.29, 1.82) is 0 Å². The van der Waals surface area contributed by atoms with Crippen LogP contribution in [-0.4, -0.2) is 19.3 Å². The Morgan fingerprint density at radius 1 is 1.67 bits per heavy atom. The first-order valence-electron chi connectivity index (χ1n) is 4.14. The highest BCUT2D eigenvalue weighted by atomic mass is 35.7. The number of nitrogens with one attached hydrogen (secondary N) is 1. The average molecular weight is 269 g/mol. The number of carbonyl (C=O) groups excluding carboxylic acids is 1. The van der Waals surface area contributed by atoms with Gasteiger partial charge in [-0.3, -0.25) is 4.79 Å². The third-order valence-electron chi connectivity index (χ3n) is 1.45. The molecule has 1 aromatic rings. The van der Waals surface area contributed by atoms with Crippen LogP contribution in [0.25, 0.3) is 0 Å². The lowest BCUT2D eigenvalue weighted by molar-refractivity contribution is -0.116. The van der Waals surface area contributed by atoms with Crippen molar-refractivity contribution < 1.29 is 13.2 Å². The van der Waals surface area contributed by atoms with E-state index in [9.17, 15) is 13.2 Å². The van der Waals surface area contributed by atoms with Crippen LogP contribution >= 0.6 is 22.0 Å². The molecule has 1 aromatic heterocycles. The van der Waals surface area contributed by atoms with Gasteiger partial charge in [0.05, 0.1) is 6.20 Å². The topological polar surface area (TPSA) is 76.1 Å². The predicted molar refractivity (Wildman–Crippen MR) is 58.7 cm³/mol. The number of nitrogens with zero attached hydrogens (tertiary/aromatic N) is 1. The highest BCUT2D eigenvalue weighted by Gasteiger charge is 2.15. The smallest absolute Gasteiger partial charge is 0.272 e. The molecule has 0 aromatic carbocycles. The predicted octanol–water partition coefficient (Wildman–Crippen LogP) is 1.81. The monoisotopic (exact) mass is 268 g/mol. The molecule has 84 valence electrons. The molecule has 1 amide bonds. The van der Waals surface area contributed by atoms with E-state index in [1.165, 1.54) is 0 Å². The van der Waals surface area contributed by atoms with Crippen LogP contribution in [-0.2, 0) is 13.8 Å². The van der Waals surface area contributed by atoms with Crippen molar-refractivity contribution in [3.05, 3.63) is 6.20 Å². The van der Waals surface area contributed by atoms with Gasteiger partial charge >= 0.3 is 0 Å². The third-order valence-corrected chi connectivity index (χ3v) is 4.42. The molecule has 0 saturated carbocycles. The van der Waals surface area contributed by atoms with E-state index in [-0.39, 0.29) is 15.2 Å². The fourth-order valence-corrected chi connectivity index (χ4v) is 2.62. The van der Waals surface area contributed by atoms with Crippen molar-refractivity contribution in [1.82, 2.24) is 4.98 Å². The first-order chi connectivity index (χ1) is 6.93. The lowest BCUT2D eigenvalue weighted by Crippen LogP contribution is -2.09. The van der Waals surface area contributed by atoms with E-state index in [2.05, 4.69) is 10.3 Å². The maximum absolute atomic E-state index is 11.1. The Hall–Kier alpha value is -0.660. The molecule has 0 radical (unpaired) electrons. The molecule has 15 heavy (non-hydrogen) atoms. The lowest BCUT2D eigenvalue weighted by atomic mass is 10.3. The zero-order valence-corrected chi connectivity index (χ0v) is 10.2.